The number of sulfonamides is 1. The highest BCUT2D eigenvalue weighted by molar-refractivity contribution is 7.93. The van der Waals surface area contributed by atoms with Crippen molar-refractivity contribution in [1.29, 1.82) is 0 Å². The van der Waals surface area contributed by atoms with Crippen LogP contribution in [-0.4, -0.2) is 23.1 Å². The van der Waals surface area contributed by atoms with Crippen LogP contribution in [0.15, 0.2) is 88.7 Å². The number of hydrogen-bond acceptors (Lipinski definition) is 4. The first-order chi connectivity index (χ1) is 13.2. The van der Waals surface area contributed by atoms with Gasteiger partial charge in [-0.2, -0.15) is 0 Å². The van der Waals surface area contributed by atoms with Crippen LogP contribution in [0.1, 0.15) is 11.1 Å². The number of anilines is 1. The molecule has 0 aromatic heterocycles. The van der Waals surface area contributed by atoms with E-state index in [0.717, 1.165) is 11.8 Å². The number of nitrogens with zero attached hydrogens (tertiary/aromatic N) is 1. The average molecular weight is 416 g/mol. The predicted octanol–water partition coefficient (Wildman–Crippen LogP) is 3.79. The molecule has 0 atom stereocenters. The molecule has 3 aromatic carbocycles. The third kappa shape index (κ3) is 4.26. The molecule has 0 bridgehead atoms. The van der Waals surface area contributed by atoms with Crippen molar-refractivity contribution >= 4 is 25.5 Å². The van der Waals surface area contributed by atoms with Crippen LogP contribution in [0.2, 0.25) is 0 Å². The van der Waals surface area contributed by atoms with Crippen molar-refractivity contribution in [2.24, 2.45) is 0 Å². The molecule has 5 nitrogen and oxygen atoms in total. The van der Waals surface area contributed by atoms with E-state index in [4.69, 9.17) is 0 Å². The molecule has 0 spiro atoms. The summed E-state index contributed by atoms with van der Waals surface area (Å²) >= 11 is 0. The molecule has 3 rings (SSSR count). The van der Waals surface area contributed by atoms with E-state index < -0.39 is 19.9 Å². The quantitative estimate of drug-likeness (QED) is 0.614. The third-order valence-corrected chi connectivity index (χ3v) is 7.40. The number of benzene rings is 3. The minimum absolute atomic E-state index is 0.0183. The second kappa shape index (κ2) is 7.77. The van der Waals surface area contributed by atoms with E-state index in [1.165, 1.54) is 22.5 Å². The molecule has 0 aliphatic carbocycles. The maximum Gasteiger partial charge on any atom is 0.264 e. The number of sulfone groups is 1. The fraction of sp³-hybridized carbons (Fsp3) is 0.143. The largest absolute Gasteiger partial charge is 0.264 e. The molecule has 0 saturated carbocycles. The maximum atomic E-state index is 13.6. The molecule has 3 aromatic rings. The summed E-state index contributed by atoms with van der Waals surface area (Å²) in [5.74, 6) is 0. The third-order valence-electron chi connectivity index (χ3n) is 4.37. The molecule has 0 aliphatic heterocycles. The fourth-order valence-corrected chi connectivity index (χ4v) is 5.29. The maximum absolute atomic E-state index is 13.6. The molecule has 0 saturated heterocycles. The van der Waals surface area contributed by atoms with Gasteiger partial charge in [-0.05, 0) is 42.3 Å². The van der Waals surface area contributed by atoms with E-state index in [2.05, 4.69) is 0 Å². The smallest absolute Gasteiger partial charge is 0.262 e. The molecule has 0 heterocycles. The first-order valence-corrected chi connectivity index (χ1v) is 12.0. The second-order valence-electron chi connectivity index (χ2n) is 6.53. The van der Waals surface area contributed by atoms with Gasteiger partial charge in [-0.15, -0.1) is 0 Å². The molecule has 0 N–H and O–H groups in total. The van der Waals surface area contributed by atoms with Crippen LogP contribution < -0.4 is 4.31 Å². The zero-order chi connectivity index (χ0) is 20.4. The zero-order valence-corrected chi connectivity index (χ0v) is 17.2. The summed E-state index contributed by atoms with van der Waals surface area (Å²) in [6.07, 6.45) is 1.06. The van der Waals surface area contributed by atoms with E-state index >= 15 is 0 Å². The first kappa shape index (κ1) is 20.1. The Balaban J connectivity index is 2.16. The Morgan fingerprint density at radius 3 is 1.93 bits per heavy atom. The Labute approximate surface area is 166 Å². The lowest BCUT2D eigenvalue weighted by Crippen LogP contribution is -2.31. The van der Waals surface area contributed by atoms with E-state index in [-0.39, 0.29) is 16.3 Å². The van der Waals surface area contributed by atoms with E-state index in [1.807, 2.05) is 36.4 Å². The Kier molecular flexibility index (Phi) is 5.58. The minimum atomic E-state index is -4.00. The van der Waals surface area contributed by atoms with Crippen molar-refractivity contribution < 1.29 is 16.8 Å². The summed E-state index contributed by atoms with van der Waals surface area (Å²) in [7, 11) is -7.53. The van der Waals surface area contributed by atoms with Gasteiger partial charge >= 0.3 is 0 Å². The van der Waals surface area contributed by atoms with Gasteiger partial charge in [0.1, 0.15) is 0 Å². The van der Waals surface area contributed by atoms with Gasteiger partial charge in [0.05, 0.1) is 22.0 Å². The molecule has 0 fully saturated rings. The monoisotopic (exact) mass is 415 g/mol. The van der Waals surface area contributed by atoms with Crippen LogP contribution in [0, 0.1) is 6.92 Å². The van der Waals surface area contributed by atoms with Gasteiger partial charge in [0.25, 0.3) is 10.0 Å². The van der Waals surface area contributed by atoms with Crippen molar-refractivity contribution in [3.8, 4) is 0 Å². The first-order valence-electron chi connectivity index (χ1n) is 8.62. The lowest BCUT2D eigenvalue weighted by Gasteiger charge is -2.25. The normalized spacial score (nSPS) is 11.9. The standard InChI is InChI=1S/C21H21NO4S2/c1-17-13-14-20(27(2,23)24)15-21(17)28(25,26)22(19-11-7-4-8-12-19)16-18-9-5-3-6-10-18/h3-15H,16H2,1-2H3. The van der Waals surface area contributed by atoms with E-state index in [9.17, 15) is 16.8 Å². The van der Waals surface area contributed by atoms with Crippen molar-refractivity contribution in [1.82, 2.24) is 0 Å². The van der Waals surface area contributed by atoms with Crippen LogP contribution in [0.4, 0.5) is 5.69 Å². The molecule has 0 radical (unpaired) electrons. The van der Waals surface area contributed by atoms with Crippen LogP contribution in [-0.2, 0) is 26.4 Å². The van der Waals surface area contributed by atoms with E-state index in [0.29, 0.717) is 11.3 Å². The van der Waals surface area contributed by atoms with Gasteiger partial charge < -0.3 is 0 Å². The van der Waals surface area contributed by atoms with E-state index in [1.54, 1.807) is 31.2 Å². The molecule has 0 unspecified atom stereocenters. The molecular formula is C21H21NO4S2. The van der Waals surface area contributed by atoms with Crippen molar-refractivity contribution in [3.63, 3.8) is 0 Å². The van der Waals surface area contributed by atoms with Gasteiger partial charge in [0, 0.05) is 6.26 Å². The summed E-state index contributed by atoms with van der Waals surface area (Å²) in [4.78, 5) is -0.0420. The Morgan fingerprint density at radius 1 is 0.786 bits per heavy atom. The van der Waals surface area contributed by atoms with Gasteiger partial charge in [0.2, 0.25) is 0 Å². The van der Waals surface area contributed by atoms with Crippen LogP contribution in [0.5, 0.6) is 0 Å². The summed E-state index contributed by atoms with van der Waals surface area (Å²) in [5.41, 5.74) is 1.82. The van der Waals surface area contributed by atoms with Crippen LogP contribution in [0.25, 0.3) is 0 Å². The summed E-state index contributed by atoms with van der Waals surface area (Å²) in [6, 6.07) is 22.2. The predicted molar refractivity (Wildman–Crippen MR) is 111 cm³/mol. The van der Waals surface area contributed by atoms with Crippen molar-refractivity contribution in [2.75, 3.05) is 10.6 Å². The highest BCUT2D eigenvalue weighted by Crippen LogP contribution is 2.29. The van der Waals surface area contributed by atoms with Gasteiger partial charge in [0.15, 0.2) is 9.84 Å². The SMILES string of the molecule is Cc1ccc(S(C)(=O)=O)cc1S(=O)(=O)N(Cc1ccccc1)c1ccccc1. The molecule has 0 aliphatic rings. The summed E-state index contributed by atoms with van der Waals surface area (Å²) < 4.78 is 52.3. The minimum Gasteiger partial charge on any atom is -0.262 e. The topological polar surface area (TPSA) is 71.5 Å². The van der Waals surface area contributed by atoms with Gasteiger partial charge in [-0.25, -0.2) is 16.8 Å². The Hall–Kier alpha value is -2.64. The zero-order valence-electron chi connectivity index (χ0n) is 15.6. The molecule has 7 heteroatoms. The molecule has 28 heavy (non-hydrogen) atoms. The Bertz CT molecular complexity index is 1170. The molecule has 146 valence electrons. The number of hydrogen-bond donors (Lipinski definition) is 0. The fourth-order valence-electron chi connectivity index (χ4n) is 2.87. The summed E-state index contributed by atoms with van der Waals surface area (Å²) in [5, 5.41) is 0. The van der Waals surface area contributed by atoms with Crippen LogP contribution >= 0.6 is 0 Å². The summed E-state index contributed by atoms with van der Waals surface area (Å²) in [6.45, 7) is 1.79. The van der Waals surface area contributed by atoms with Gasteiger partial charge in [-0.1, -0.05) is 54.6 Å². The Morgan fingerprint density at radius 2 is 1.36 bits per heavy atom. The highest BCUT2D eigenvalue weighted by Gasteiger charge is 2.28. The lowest BCUT2D eigenvalue weighted by atomic mass is 10.2. The molecule has 0 amide bonds. The van der Waals surface area contributed by atoms with Crippen molar-refractivity contribution in [2.45, 2.75) is 23.3 Å². The van der Waals surface area contributed by atoms with Gasteiger partial charge in [-0.3, -0.25) is 4.31 Å². The molecular weight excluding hydrogens is 394 g/mol. The highest BCUT2D eigenvalue weighted by atomic mass is 32.2. The van der Waals surface area contributed by atoms with Crippen LogP contribution in [0.3, 0.4) is 0 Å². The number of aryl methyl sites for hydroxylation is 1. The number of para-hydroxylation sites is 1. The lowest BCUT2D eigenvalue weighted by molar-refractivity contribution is 0.589. The van der Waals surface area contributed by atoms with Crippen molar-refractivity contribution in [3.05, 3.63) is 90.0 Å². The second-order valence-corrected chi connectivity index (χ2v) is 10.4. The number of rotatable bonds is 6. The average Bonchev–Trinajstić information content (AvgIpc) is 2.67.